The number of nitrogens with zero attached hydrogens (tertiary/aromatic N) is 3. The number of aromatic nitrogens is 2. The number of benzene rings is 3. The zero-order valence-electron chi connectivity index (χ0n) is 24.5. The second-order valence-corrected chi connectivity index (χ2v) is 11.7. The van der Waals surface area contributed by atoms with E-state index in [1.807, 2.05) is 36.4 Å². The van der Waals surface area contributed by atoms with Crippen molar-refractivity contribution in [2.75, 3.05) is 32.2 Å². The standard InChI is InChI=1S/C33H33IN4O5S/c1-3-4-5-9-16-41-26-12-14-27(15-13-26)42-17-18-43-30-28(34)20-23(21-29(30)40-2)19-25(22-35)32-37-38-33(44-32)36-31(39)24-10-7-6-8-11-24/h6-8,10-15,19-21H,3-5,9,16-18H2,1-2H3,(H,36,38,39)/b25-19+. The highest BCUT2D eigenvalue weighted by atomic mass is 127. The van der Waals surface area contributed by atoms with E-state index in [2.05, 4.69) is 51.1 Å². The van der Waals surface area contributed by atoms with Crippen molar-refractivity contribution in [3.05, 3.63) is 86.4 Å². The number of methoxy groups -OCH3 is 1. The predicted molar refractivity (Wildman–Crippen MR) is 181 cm³/mol. The van der Waals surface area contributed by atoms with E-state index >= 15 is 0 Å². The number of rotatable bonds is 16. The van der Waals surface area contributed by atoms with Crippen LogP contribution in [0.5, 0.6) is 23.0 Å². The number of carbonyl (C=O) groups excluding carboxylic acids is 1. The molecule has 0 bridgehead atoms. The van der Waals surface area contributed by atoms with E-state index in [-0.39, 0.29) is 5.91 Å². The Morgan fingerprint density at radius 3 is 2.34 bits per heavy atom. The van der Waals surface area contributed by atoms with Gasteiger partial charge in [-0.2, -0.15) is 5.26 Å². The number of unbranched alkanes of at least 4 members (excludes halogenated alkanes) is 3. The van der Waals surface area contributed by atoms with Gasteiger partial charge in [-0.1, -0.05) is 55.7 Å². The van der Waals surface area contributed by atoms with Crippen LogP contribution in [0.25, 0.3) is 11.6 Å². The van der Waals surface area contributed by atoms with E-state index in [4.69, 9.17) is 18.9 Å². The van der Waals surface area contributed by atoms with Gasteiger partial charge in [-0.15, -0.1) is 10.2 Å². The Balaban J connectivity index is 1.32. The van der Waals surface area contributed by atoms with Crippen LogP contribution in [0.4, 0.5) is 5.13 Å². The summed E-state index contributed by atoms with van der Waals surface area (Å²) in [5.74, 6) is 2.37. The molecule has 9 nitrogen and oxygen atoms in total. The molecule has 11 heteroatoms. The number of hydrogen-bond acceptors (Lipinski definition) is 9. The fraction of sp³-hybridized carbons (Fsp3) is 0.273. The number of nitriles is 1. The first-order valence-corrected chi connectivity index (χ1v) is 16.1. The van der Waals surface area contributed by atoms with Crippen LogP contribution in [-0.4, -0.2) is 43.0 Å². The minimum atomic E-state index is -0.299. The van der Waals surface area contributed by atoms with Gasteiger partial charge in [0.25, 0.3) is 5.91 Å². The second-order valence-electron chi connectivity index (χ2n) is 9.51. The lowest BCUT2D eigenvalue weighted by Gasteiger charge is -2.14. The summed E-state index contributed by atoms with van der Waals surface area (Å²) in [4.78, 5) is 12.4. The smallest absolute Gasteiger partial charge is 0.257 e. The first kappa shape index (κ1) is 32.8. The monoisotopic (exact) mass is 724 g/mol. The molecule has 0 spiro atoms. The molecule has 1 N–H and O–H groups in total. The number of carbonyl (C=O) groups is 1. The van der Waals surface area contributed by atoms with Gasteiger partial charge in [0.1, 0.15) is 30.8 Å². The van der Waals surface area contributed by atoms with Gasteiger partial charge < -0.3 is 18.9 Å². The molecule has 0 aliphatic carbocycles. The third-order valence-electron chi connectivity index (χ3n) is 6.28. The average molecular weight is 725 g/mol. The maximum atomic E-state index is 12.4. The van der Waals surface area contributed by atoms with Crippen molar-refractivity contribution in [2.45, 2.75) is 32.6 Å². The molecule has 44 heavy (non-hydrogen) atoms. The first-order chi connectivity index (χ1) is 21.5. The van der Waals surface area contributed by atoms with Crippen molar-refractivity contribution in [2.24, 2.45) is 0 Å². The van der Waals surface area contributed by atoms with Crippen molar-refractivity contribution in [3.63, 3.8) is 0 Å². The van der Waals surface area contributed by atoms with Gasteiger partial charge in [-0.3, -0.25) is 10.1 Å². The highest BCUT2D eigenvalue weighted by molar-refractivity contribution is 14.1. The van der Waals surface area contributed by atoms with Crippen LogP contribution in [0.15, 0.2) is 66.7 Å². The van der Waals surface area contributed by atoms with Crippen LogP contribution in [0.2, 0.25) is 0 Å². The summed E-state index contributed by atoms with van der Waals surface area (Å²) in [5, 5.41) is 21.4. The lowest BCUT2D eigenvalue weighted by atomic mass is 10.1. The number of allylic oxidation sites excluding steroid dienone is 1. The molecule has 1 aromatic heterocycles. The molecule has 0 fully saturated rings. The van der Waals surface area contributed by atoms with Gasteiger partial charge in [0.2, 0.25) is 5.13 Å². The molecular weight excluding hydrogens is 691 g/mol. The van der Waals surface area contributed by atoms with Gasteiger partial charge >= 0.3 is 0 Å². The quantitative estimate of drug-likeness (QED) is 0.0705. The molecule has 4 rings (SSSR count). The lowest BCUT2D eigenvalue weighted by Crippen LogP contribution is -2.11. The Labute approximate surface area is 275 Å². The molecule has 3 aromatic carbocycles. The van der Waals surface area contributed by atoms with E-state index < -0.39 is 0 Å². The summed E-state index contributed by atoms with van der Waals surface area (Å²) < 4.78 is 24.0. The largest absolute Gasteiger partial charge is 0.494 e. The number of halogens is 1. The number of ether oxygens (including phenoxy) is 4. The summed E-state index contributed by atoms with van der Waals surface area (Å²) >= 11 is 3.29. The van der Waals surface area contributed by atoms with Crippen LogP contribution >= 0.6 is 33.9 Å². The van der Waals surface area contributed by atoms with Crippen molar-refractivity contribution < 1.29 is 23.7 Å². The van der Waals surface area contributed by atoms with E-state index in [0.29, 0.717) is 46.0 Å². The molecule has 228 valence electrons. The fourth-order valence-corrected chi connectivity index (χ4v) is 5.55. The van der Waals surface area contributed by atoms with Crippen molar-refractivity contribution in [1.29, 1.82) is 5.26 Å². The maximum Gasteiger partial charge on any atom is 0.257 e. The topological polar surface area (TPSA) is 116 Å². The Morgan fingerprint density at radius 2 is 1.66 bits per heavy atom. The summed E-state index contributed by atoms with van der Waals surface area (Å²) in [6.07, 6.45) is 6.38. The van der Waals surface area contributed by atoms with Crippen LogP contribution in [0.1, 0.15) is 53.5 Å². The predicted octanol–water partition coefficient (Wildman–Crippen LogP) is 7.88. The second kappa shape index (κ2) is 17.2. The Bertz CT molecular complexity index is 1590. The van der Waals surface area contributed by atoms with Crippen molar-refractivity contribution >= 4 is 56.6 Å². The molecule has 4 aromatic rings. The third kappa shape index (κ3) is 9.68. The van der Waals surface area contributed by atoms with Gasteiger partial charge in [0, 0.05) is 5.56 Å². The molecule has 0 saturated carbocycles. The van der Waals surface area contributed by atoms with Crippen LogP contribution in [0.3, 0.4) is 0 Å². The van der Waals surface area contributed by atoms with E-state index in [1.54, 1.807) is 43.5 Å². The normalized spacial score (nSPS) is 11.0. The zero-order chi connectivity index (χ0) is 31.1. The molecule has 0 atom stereocenters. The minimum Gasteiger partial charge on any atom is -0.494 e. The van der Waals surface area contributed by atoms with Crippen LogP contribution < -0.4 is 24.3 Å². The minimum absolute atomic E-state index is 0.299. The zero-order valence-corrected chi connectivity index (χ0v) is 27.5. The number of nitrogens with one attached hydrogen (secondary N) is 1. The summed E-state index contributed by atoms with van der Waals surface area (Å²) in [5.41, 5.74) is 1.53. The number of amides is 1. The average Bonchev–Trinajstić information content (AvgIpc) is 3.51. The molecule has 1 amide bonds. The fourth-order valence-electron chi connectivity index (χ4n) is 4.07. The summed E-state index contributed by atoms with van der Waals surface area (Å²) in [6, 6.07) is 22.2. The SMILES string of the molecule is CCCCCCOc1ccc(OCCOc2c(I)cc(/C=C(\C#N)c3nnc(NC(=O)c4ccccc4)s3)cc2OC)cc1. The van der Waals surface area contributed by atoms with Crippen LogP contribution in [-0.2, 0) is 0 Å². The highest BCUT2D eigenvalue weighted by Crippen LogP contribution is 2.35. The maximum absolute atomic E-state index is 12.4. The molecule has 0 aliphatic rings. The molecule has 0 aliphatic heterocycles. The molecular formula is C33H33IN4O5S. The number of anilines is 1. The Kier molecular flexibility index (Phi) is 12.8. The van der Waals surface area contributed by atoms with Crippen molar-refractivity contribution in [3.8, 4) is 29.1 Å². The first-order valence-electron chi connectivity index (χ1n) is 14.2. The van der Waals surface area contributed by atoms with Gasteiger partial charge in [-0.05, 0) is 89.2 Å². The van der Waals surface area contributed by atoms with E-state index in [9.17, 15) is 10.1 Å². The lowest BCUT2D eigenvalue weighted by molar-refractivity contribution is 0.102. The Hall–Kier alpha value is -4.15. The summed E-state index contributed by atoms with van der Waals surface area (Å²) in [7, 11) is 1.56. The molecule has 0 saturated heterocycles. The molecule has 1 heterocycles. The van der Waals surface area contributed by atoms with E-state index in [1.165, 1.54) is 19.3 Å². The van der Waals surface area contributed by atoms with Crippen LogP contribution in [0, 0.1) is 14.9 Å². The van der Waals surface area contributed by atoms with E-state index in [0.717, 1.165) is 45.0 Å². The Morgan fingerprint density at radius 1 is 0.955 bits per heavy atom. The number of hydrogen-bond donors (Lipinski definition) is 1. The van der Waals surface area contributed by atoms with Crippen molar-refractivity contribution in [1.82, 2.24) is 10.2 Å². The molecule has 0 unspecified atom stereocenters. The summed E-state index contributed by atoms with van der Waals surface area (Å²) in [6.45, 7) is 3.57. The van der Waals surface area contributed by atoms with Gasteiger partial charge in [-0.25, -0.2) is 0 Å². The molecule has 0 radical (unpaired) electrons. The van der Waals surface area contributed by atoms with Gasteiger partial charge in [0.05, 0.1) is 22.9 Å². The van der Waals surface area contributed by atoms with Gasteiger partial charge in [0.15, 0.2) is 16.5 Å². The highest BCUT2D eigenvalue weighted by Gasteiger charge is 2.15. The third-order valence-corrected chi connectivity index (χ3v) is 7.96.